The van der Waals surface area contributed by atoms with Gasteiger partial charge in [-0.05, 0) is 24.6 Å². The quantitative estimate of drug-likeness (QED) is 0.867. The van der Waals surface area contributed by atoms with Crippen LogP contribution in [0.15, 0.2) is 18.2 Å². The molecule has 0 aliphatic carbocycles. The molecule has 1 unspecified atom stereocenters. The summed E-state index contributed by atoms with van der Waals surface area (Å²) < 4.78 is 0. The van der Waals surface area contributed by atoms with E-state index >= 15 is 0 Å². The Kier molecular flexibility index (Phi) is 3.43. The molecule has 5 nitrogen and oxygen atoms in total. The zero-order chi connectivity index (χ0) is 13.3. The maximum Gasteiger partial charge on any atom is 0.308 e. The Bertz CT molecular complexity index is 504. The minimum absolute atomic E-state index is 0.273. The number of carbonyl (C=O) groups is 2. The Labute approximate surface area is 109 Å². The third kappa shape index (κ3) is 2.41. The predicted molar refractivity (Wildman–Crippen MR) is 67.9 cm³/mol. The van der Waals surface area contributed by atoms with E-state index in [1.54, 1.807) is 18.2 Å². The van der Waals surface area contributed by atoms with Crippen molar-refractivity contribution in [3.8, 4) is 0 Å². The van der Waals surface area contributed by atoms with E-state index in [0.29, 0.717) is 24.5 Å². The lowest BCUT2D eigenvalue weighted by Gasteiger charge is -2.18. The largest absolute Gasteiger partial charge is 0.481 e. The van der Waals surface area contributed by atoms with Crippen molar-refractivity contribution in [2.75, 3.05) is 18.0 Å². The standard InChI is InChI=1S/C12H13ClN2O3/c13-10-5-8(1-2-9(10)11(14)16)15-4-3-7(6-15)12(17)18/h1-2,5,7H,3-4,6H2,(H2,14,16)(H,17,18). The van der Waals surface area contributed by atoms with Crippen LogP contribution in [0.2, 0.25) is 5.02 Å². The van der Waals surface area contributed by atoms with Gasteiger partial charge in [-0.3, -0.25) is 9.59 Å². The molecule has 1 aromatic rings. The highest BCUT2D eigenvalue weighted by molar-refractivity contribution is 6.34. The van der Waals surface area contributed by atoms with E-state index in [9.17, 15) is 9.59 Å². The van der Waals surface area contributed by atoms with Gasteiger partial charge >= 0.3 is 5.97 Å². The zero-order valence-electron chi connectivity index (χ0n) is 9.60. The average Bonchev–Trinajstić information content (AvgIpc) is 2.77. The monoisotopic (exact) mass is 268 g/mol. The fraction of sp³-hybridized carbons (Fsp3) is 0.333. The van der Waals surface area contributed by atoms with Gasteiger partial charge in [0.25, 0.3) is 0 Å². The number of primary amides is 1. The van der Waals surface area contributed by atoms with E-state index in [1.165, 1.54) is 0 Å². The second kappa shape index (κ2) is 4.86. The summed E-state index contributed by atoms with van der Waals surface area (Å²) in [5.74, 6) is -1.70. The lowest BCUT2D eigenvalue weighted by molar-refractivity contribution is -0.140. The van der Waals surface area contributed by atoms with Gasteiger partial charge in [0.15, 0.2) is 0 Å². The number of amides is 1. The van der Waals surface area contributed by atoms with Gasteiger partial charge in [-0.25, -0.2) is 0 Å². The van der Waals surface area contributed by atoms with Crippen LogP contribution in [0.5, 0.6) is 0 Å². The molecular weight excluding hydrogens is 256 g/mol. The normalized spacial score (nSPS) is 18.9. The fourth-order valence-electron chi connectivity index (χ4n) is 2.10. The van der Waals surface area contributed by atoms with Crippen molar-refractivity contribution >= 4 is 29.2 Å². The molecule has 6 heteroatoms. The molecule has 0 radical (unpaired) electrons. The smallest absolute Gasteiger partial charge is 0.308 e. The fourth-order valence-corrected chi connectivity index (χ4v) is 2.36. The van der Waals surface area contributed by atoms with Gasteiger partial charge in [-0.2, -0.15) is 0 Å². The molecule has 1 aliphatic rings. The van der Waals surface area contributed by atoms with Crippen molar-refractivity contribution in [1.29, 1.82) is 0 Å². The van der Waals surface area contributed by atoms with Gasteiger partial charge in [-0.15, -0.1) is 0 Å². The van der Waals surface area contributed by atoms with E-state index in [4.69, 9.17) is 22.4 Å². The third-order valence-corrected chi connectivity index (χ3v) is 3.43. The maximum absolute atomic E-state index is 11.0. The van der Waals surface area contributed by atoms with Crippen LogP contribution in [-0.2, 0) is 4.79 Å². The first-order valence-electron chi connectivity index (χ1n) is 5.56. The number of carboxylic acids is 1. The van der Waals surface area contributed by atoms with E-state index in [2.05, 4.69) is 0 Å². The molecule has 3 N–H and O–H groups in total. The van der Waals surface area contributed by atoms with Crippen LogP contribution < -0.4 is 10.6 Å². The molecule has 1 saturated heterocycles. The van der Waals surface area contributed by atoms with Crippen LogP contribution in [0, 0.1) is 5.92 Å². The van der Waals surface area contributed by atoms with Crippen molar-refractivity contribution in [2.24, 2.45) is 11.7 Å². The van der Waals surface area contributed by atoms with Crippen LogP contribution in [0.4, 0.5) is 5.69 Å². The molecule has 0 spiro atoms. The molecule has 96 valence electrons. The molecule has 0 saturated carbocycles. The zero-order valence-corrected chi connectivity index (χ0v) is 10.4. The predicted octanol–water partition coefficient (Wildman–Crippen LogP) is 1.35. The first-order valence-corrected chi connectivity index (χ1v) is 5.94. The molecule has 1 amide bonds. The number of carboxylic acid groups (broad SMARTS) is 1. The highest BCUT2D eigenvalue weighted by atomic mass is 35.5. The van der Waals surface area contributed by atoms with Crippen LogP contribution >= 0.6 is 11.6 Å². The Morgan fingerprint density at radius 2 is 2.17 bits per heavy atom. The van der Waals surface area contributed by atoms with Crippen LogP contribution in [0.1, 0.15) is 16.8 Å². The maximum atomic E-state index is 11.0. The highest BCUT2D eigenvalue weighted by Gasteiger charge is 2.28. The Balaban J connectivity index is 2.18. The Hall–Kier alpha value is -1.75. The van der Waals surface area contributed by atoms with Crippen molar-refractivity contribution in [3.05, 3.63) is 28.8 Å². The number of hydrogen-bond donors (Lipinski definition) is 2. The average molecular weight is 269 g/mol. The molecule has 18 heavy (non-hydrogen) atoms. The highest BCUT2D eigenvalue weighted by Crippen LogP contribution is 2.28. The number of halogens is 1. The third-order valence-electron chi connectivity index (χ3n) is 3.12. The van der Waals surface area contributed by atoms with E-state index < -0.39 is 11.9 Å². The first-order chi connectivity index (χ1) is 8.49. The summed E-state index contributed by atoms with van der Waals surface area (Å²) in [6.07, 6.45) is 0.616. The molecule has 1 aliphatic heterocycles. The summed E-state index contributed by atoms with van der Waals surface area (Å²) in [4.78, 5) is 23.9. The van der Waals surface area contributed by atoms with Gasteiger partial charge in [0.05, 0.1) is 16.5 Å². The van der Waals surface area contributed by atoms with E-state index in [0.717, 1.165) is 5.69 Å². The minimum Gasteiger partial charge on any atom is -0.481 e. The summed E-state index contributed by atoms with van der Waals surface area (Å²) in [5, 5.41) is 9.23. The molecule has 0 bridgehead atoms. The topological polar surface area (TPSA) is 83.6 Å². The van der Waals surface area contributed by atoms with Gasteiger partial charge in [0.1, 0.15) is 0 Å². The molecule has 1 aromatic carbocycles. The molecular formula is C12H13ClN2O3. The SMILES string of the molecule is NC(=O)c1ccc(N2CCC(C(=O)O)C2)cc1Cl. The molecule has 2 rings (SSSR count). The van der Waals surface area contributed by atoms with Crippen molar-refractivity contribution in [1.82, 2.24) is 0 Å². The Morgan fingerprint density at radius 3 is 2.67 bits per heavy atom. The second-order valence-corrected chi connectivity index (χ2v) is 4.71. The van der Waals surface area contributed by atoms with Crippen LogP contribution in [0.25, 0.3) is 0 Å². The first kappa shape index (κ1) is 12.7. The number of anilines is 1. The second-order valence-electron chi connectivity index (χ2n) is 4.30. The number of nitrogens with two attached hydrogens (primary N) is 1. The summed E-state index contributed by atoms with van der Waals surface area (Å²) in [6, 6.07) is 4.94. The van der Waals surface area contributed by atoms with Crippen molar-refractivity contribution in [2.45, 2.75) is 6.42 Å². The number of aliphatic carboxylic acids is 1. The number of nitrogens with zero attached hydrogens (tertiary/aromatic N) is 1. The van der Waals surface area contributed by atoms with Gasteiger partial charge < -0.3 is 15.7 Å². The summed E-state index contributed by atoms with van der Waals surface area (Å²) in [5.41, 5.74) is 6.25. The molecule has 1 fully saturated rings. The van der Waals surface area contributed by atoms with Crippen molar-refractivity contribution in [3.63, 3.8) is 0 Å². The molecule has 1 atom stereocenters. The number of benzene rings is 1. The summed E-state index contributed by atoms with van der Waals surface area (Å²) in [7, 11) is 0. The molecule has 0 aromatic heterocycles. The van der Waals surface area contributed by atoms with Crippen LogP contribution in [-0.4, -0.2) is 30.1 Å². The lowest BCUT2D eigenvalue weighted by atomic mass is 10.1. The summed E-state index contributed by atoms with van der Waals surface area (Å²) >= 11 is 5.96. The number of carbonyl (C=O) groups excluding carboxylic acids is 1. The Morgan fingerprint density at radius 1 is 1.44 bits per heavy atom. The van der Waals surface area contributed by atoms with Crippen molar-refractivity contribution < 1.29 is 14.7 Å². The molecule has 1 heterocycles. The lowest BCUT2D eigenvalue weighted by Crippen LogP contribution is -2.22. The van der Waals surface area contributed by atoms with Gasteiger partial charge in [0.2, 0.25) is 5.91 Å². The van der Waals surface area contributed by atoms with E-state index in [-0.39, 0.29) is 11.5 Å². The summed E-state index contributed by atoms with van der Waals surface area (Å²) in [6.45, 7) is 1.13. The minimum atomic E-state index is -0.780. The van der Waals surface area contributed by atoms with Gasteiger partial charge in [0, 0.05) is 18.8 Å². The van der Waals surface area contributed by atoms with Gasteiger partial charge in [-0.1, -0.05) is 11.6 Å². The van der Waals surface area contributed by atoms with E-state index in [1.807, 2.05) is 4.90 Å². The number of rotatable bonds is 3. The van der Waals surface area contributed by atoms with Crippen LogP contribution in [0.3, 0.4) is 0 Å². The number of hydrogen-bond acceptors (Lipinski definition) is 3.